The predicted octanol–water partition coefficient (Wildman–Crippen LogP) is 3.89. The third-order valence-electron chi connectivity index (χ3n) is 3.65. The lowest BCUT2D eigenvalue weighted by atomic mass is 10.1. The van der Waals surface area contributed by atoms with Crippen LogP contribution in [0.1, 0.15) is 58.3 Å². The third kappa shape index (κ3) is 6.96. The lowest BCUT2D eigenvalue weighted by Gasteiger charge is -2.06. The number of anilines is 1. The SMILES string of the molecule is CCCCCCCCCCS(=O)(=O)c1ccc(NN)cc1. The van der Waals surface area contributed by atoms with Crippen LogP contribution in [0.25, 0.3) is 0 Å². The first-order valence-corrected chi connectivity index (χ1v) is 9.55. The fourth-order valence-electron chi connectivity index (χ4n) is 2.30. The zero-order chi connectivity index (χ0) is 15.6. The molecule has 0 heterocycles. The van der Waals surface area contributed by atoms with E-state index in [0.29, 0.717) is 10.6 Å². The van der Waals surface area contributed by atoms with Gasteiger partial charge in [0, 0.05) is 5.69 Å². The van der Waals surface area contributed by atoms with Crippen LogP contribution >= 0.6 is 0 Å². The molecule has 1 rings (SSSR count). The number of nitrogens with one attached hydrogen (secondary N) is 1. The summed E-state index contributed by atoms with van der Waals surface area (Å²) >= 11 is 0. The van der Waals surface area contributed by atoms with E-state index >= 15 is 0 Å². The van der Waals surface area contributed by atoms with Crippen molar-refractivity contribution in [2.45, 2.75) is 63.2 Å². The Balaban J connectivity index is 2.26. The topological polar surface area (TPSA) is 72.2 Å². The number of hydrazine groups is 1. The molecule has 5 heteroatoms. The van der Waals surface area contributed by atoms with Crippen LogP contribution < -0.4 is 11.3 Å². The molecule has 3 N–H and O–H groups in total. The Bertz CT molecular complexity index is 484. The quantitative estimate of drug-likeness (QED) is 0.369. The number of sulfone groups is 1. The Morgan fingerprint density at radius 2 is 1.43 bits per heavy atom. The van der Waals surface area contributed by atoms with Crippen molar-refractivity contribution in [2.75, 3.05) is 11.2 Å². The van der Waals surface area contributed by atoms with E-state index in [1.165, 1.54) is 32.1 Å². The van der Waals surface area contributed by atoms with Crippen LogP contribution in [0.5, 0.6) is 0 Å². The molecule has 0 saturated heterocycles. The Morgan fingerprint density at radius 1 is 0.905 bits per heavy atom. The lowest BCUT2D eigenvalue weighted by molar-refractivity contribution is 0.572. The summed E-state index contributed by atoms with van der Waals surface area (Å²) in [7, 11) is -3.16. The van der Waals surface area contributed by atoms with Gasteiger partial charge >= 0.3 is 0 Å². The molecule has 120 valence electrons. The van der Waals surface area contributed by atoms with Crippen LogP contribution in [0.4, 0.5) is 5.69 Å². The molecule has 0 aromatic heterocycles. The monoisotopic (exact) mass is 312 g/mol. The highest BCUT2D eigenvalue weighted by atomic mass is 32.2. The Morgan fingerprint density at radius 3 is 1.95 bits per heavy atom. The van der Waals surface area contributed by atoms with Crippen LogP contribution in [0.3, 0.4) is 0 Å². The van der Waals surface area contributed by atoms with Gasteiger partial charge in [0.2, 0.25) is 0 Å². The zero-order valence-electron chi connectivity index (χ0n) is 13.0. The van der Waals surface area contributed by atoms with Crippen LogP contribution in [0.2, 0.25) is 0 Å². The molecule has 0 aliphatic rings. The van der Waals surface area contributed by atoms with Crippen molar-refractivity contribution in [1.82, 2.24) is 0 Å². The van der Waals surface area contributed by atoms with Gasteiger partial charge in [-0.25, -0.2) is 8.42 Å². The summed E-state index contributed by atoms with van der Waals surface area (Å²) in [5.41, 5.74) is 3.20. The minimum atomic E-state index is -3.16. The molecule has 4 nitrogen and oxygen atoms in total. The minimum absolute atomic E-state index is 0.233. The molecular weight excluding hydrogens is 284 g/mol. The number of rotatable bonds is 11. The van der Waals surface area contributed by atoms with Crippen molar-refractivity contribution in [1.29, 1.82) is 0 Å². The third-order valence-corrected chi connectivity index (χ3v) is 5.46. The first kappa shape index (κ1) is 18.0. The van der Waals surface area contributed by atoms with E-state index in [-0.39, 0.29) is 5.75 Å². The Kier molecular flexibility index (Phi) is 8.38. The van der Waals surface area contributed by atoms with Gasteiger partial charge in [0.15, 0.2) is 9.84 Å². The van der Waals surface area contributed by atoms with E-state index in [1.54, 1.807) is 24.3 Å². The Labute approximate surface area is 129 Å². The van der Waals surface area contributed by atoms with Gasteiger partial charge in [-0.15, -0.1) is 0 Å². The van der Waals surface area contributed by atoms with Crippen molar-refractivity contribution in [3.63, 3.8) is 0 Å². The second kappa shape index (κ2) is 9.79. The molecule has 0 amide bonds. The summed E-state index contributed by atoms with van der Waals surface area (Å²) in [6.07, 6.45) is 9.23. The zero-order valence-corrected chi connectivity index (χ0v) is 13.8. The molecule has 0 radical (unpaired) electrons. The maximum atomic E-state index is 12.2. The van der Waals surface area contributed by atoms with Gasteiger partial charge in [0.05, 0.1) is 10.6 Å². The fourth-order valence-corrected chi connectivity index (χ4v) is 3.67. The summed E-state index contributed by atoms with van der Waals surface area (Å²) in [5.74, 6) is 5.50. The maximum Gasteiger partial charge on any atom is 0.178 e. The molecule has 0 aliphatic carbocycles. The molecule has 0 bridgehead atoms. The van der Waals surface area contributed by atoms with E-state index in [9.17, 15) is 8.42 Å². The maximum absolute atomic E-state index is 12.2. The van der Waals surface area contributed by atoms with Gasteiger partial charge in [-0.3, -0.25) is 5.84 Å². The van der Waals surface area contributed by atoms with Gasteiger partial charge in [-0.1, -0.05) is 51.9 Å². The number of benzene rings is 1. The van der Waals surface area contributed by atoms with Crippen molar-refractivity contribution in [3.05, 3.63) is 24.3 Å². The van der Waals surface area contributed by atoms with Gasteiger partial charge in [0.25, 0.3) is 0 Å². The molecule has 0 unspecified atom stereocenters. The number of nitrogens with two attached hydrogens (primary N) is 1. The lowest BCUT2D eigenvalue weighted by Crippen LogP contribution is -2.09. The smallest absolute Gasteiger partial charge is 0.178 e. The normalized spacial score (nSPS) is 11.5. The van der Waals surface area contributed by atoms with Crippen molar-refractivity contribution in [2.24, 2.45) is 5.84 Å². The second-order valence-electron chi connectivity index (χ2n) is 5.46. The van der Waals surface area contributed by atoms with E-state index in [0.717, 1.165) is 19.3 Å². The standard InChI is InChI=1S/C16H28N2O2S/c1-2-3-4-5-6-7-8-9-14-21(19,20)16-12-10-15(18-17)11-13-16/h10-13,18H,2-9,14,17H2,1H3. The number of unbranched alkanes of at least 4 members (excludes halogenated alkanes) is 7. The molecule has 0 atom stereocenters. The number of hydrogen-bond acceptors (Lipinski definition) is 4. The summed E-state index contributed by atoms with van der Waals surface area (Å²) < 4.78 is 24.3. The molecule has 21 heavy (non-hydrogen) atoms. The predicted molar refractivity (Wildman–Crippen MR) is 88.9 cm³/mol. The Hall–Kier alpha value is -1.07. The molecule has 0 saturated carbocycles. The van der Waals surface area contributed by atoms with Crippen LogP contribution in [0.15, 0.2) is 29.2 Å². The molecule has 1 aromatic rings. The highest BCUT2D eigenvalue weighted by Crippen LogP contribution is 2.17. The molecule has 0 aliphatic heterocycles. The van der Waals surface area contributed by atoms with Gasteiger partial charge in [-0.2, -0.15) is 0 Å². The van der Waals surface area contributed by atoms with Crippen LogP contribution in [-0.4, -0.2) is 14.2 Å². The van der Waals surface area contributed by atoms with E-state index in [4.69, 9.17) is 5.84 Å². The van der Waals surface area contributed by atoms with Crippen LogP contribution in [0, 0.1) is 0 Å². The minimum Gasteiger partial charge on any atom is -0.324 e. The van der Waals surface area contributed by atoms with Crippen molar-refractivity contribution >= 4 is 15.5 Å². The molecular formula is C16H28N2O2S. The summed E-state index contributed by atoms with van der Waals surface area (Å²) in [6, 6.07) is 6.58. The molecule has 0 fully saturated rings. The van der Waals surface area contributed by atoms with Gasteiger partial charge in [-0.05, 0) is 30.7 Å². The largest absolute Gasteiger partial charge is 0.324 e. The molecule has 1 aromatic carbocycles. The van der Waals surface area contributed by atoms with Gasteiger partial charge in [0.1, 0.15) is 0 Å². The average Bonchev–Trinajstić information content (AvgIpc) is 2.50. The highest BCUT2D eigenvalue weighted by Gasteiger charge is 2.13. The van der Waals surface area contributed by atoms with Gasteiger partial charge < -0.3 is 5.43 Å². The summed E-state index contributed by atoms with van der Waals surface area (Å²) in [6.45, 7) is 2.21. The fraction of sp³-hybridized carbons (Fsp3) is 0.625. The highest BCUT2D eigenvalue weighted by molar-refractivity contribution is 7.91. The number of nitrogen functional groups attached to an aromatic ring is 1. The second-order valence-corrected chi connectivity index (χ2v) is 7.57. The van der Waals surface area contributed by atoms with E-state index in [1.807, 2.05) is 0 Å². The van der Waals surface area contributed by atoms with Crippen molar-refractivity contribution < 1.29 is 8.42 Å². The first-order chi connectivity index (χ1) is 10.1. The first-order valence-electron chi connectivity index (χ1n) is 7.89. The molecule has 0 spiro atoms. The summed E-state index contributed by atoms with van der Waals surface area (Å²) in [4.78, 5) is 0.379. The number of hydrogen-bond donors (Lipinski definition) is 2. The summed E-state index contributed by atoms with van der Waals surface area (Å²) in [5, 5.41) is 0. The van der Waals surface area contributed by atoms with Crippen LogP contribution in [-0.2, 0) is 9.84 Å². The van der Waals surface area contributed by atoms with E-state index in [2.05, 4.69) is 12.3 Å². The van der Waals surface area contributed by atoms with Crippen molar-refractivity contribution in [3.8, 4) is 0 Å². The van der Waals surface area contributed by atoms with E-state index < -0.39 is 9.84 Å². The average molecular weight is 312 g/mol.